The number of hydrogen-bond donors (Lipinski definition) is 1. The maximum atomic E-state index is 6.23. The van der Waals surface area contributed by atoms with E-state index in [0.717, 1.165) is 6.54 Å². The average molecular weight is 263 g/mol. The fourth-order valence-electron chi connectivity index (χ4n) is 1.73. The highest BCUT2D eigenvalue weighted by Crippen LogP contribution is 2.21. The topological polar surface area (TPSA) is 21.3 Å². The van der Waals surface area contributed by atoms with Crippen LogP contribution >= 0.6 is 0 Å². The summed E-state index contributed by atoms with van der Waals surface area (Å²) in [5.74, 6) is 0.529. The molecule has 0 saturated heterocycles. The molecule has 0 radical (unpaired) electrons. The third kappa shape index (κ3) is 6.22. The minimum Gasteiger partial charge on any atom is -0.369 e. The van der Waals surface area contributed by atoms with Gasteiger partial charge in [-0.1, -0.05) is 44.2 Å². The van der Waals surface area contributed by atoms with E-state index in [1.165, 1.54) is 5.56 Å². The van der Waals surface area contributed by atoms with Gasteiger partial charge in [0.15, 0.2) is 0 Å². The number of ether oxygens (including phenoxy) is 1. The molecule has 0 spiro atoms. The second-order valence-electron chi connectivity index (χ2n) is 6.62. The maximum absolute atomic E-state index is 6.23. The lowest BCUT2D eigenvalue weighted by Crippen LogP contribution is -2.39. The Labute approximate surface area is 118 Å². The van der Waals surface area contributed by atoms with E-state index in [1.807, 2.05) is 6.07 Å². The summed E-state index contributed by atoms with van der Waals surface area (Å²) in [6.45, 7) is 13.9. The zero-order valence-corrected chi connectivity index (χ0v) is 13.2. The molecule has 0 fully saturated rings. The molecule has 1 aromatic carbocycles. The first-order valence-corrected chi connectivity index (χ1v) is 7.25. The van der Waals surface area contributed by atoms with Gasteiger partial charge in [0.25, 0.3) is 0 Å². The van der Waals surface area contributed by atoms with E-state index in [9.17, 15) is 0 Å². The van der Waals surface area contributed by atoms with Crippen molar-refractivity contribution in [3.63, 3.8) is 0 Å². The third-order valence-electron chi connectivity index (χ3n) is 3.31. The van der Waals surface area contributed by atoms with E-state index in [-0.39, 0.29) is 17.7 Å². The Bertz CT molecular complexity index is 353. The number of rotatable bonds is 6. The largest absolute Gasteiger partial charge is 0.369 e. The molecular formula is C17H29NO. The Kier molecular flexibility index (Phi) is 6.02. The van der Waals surface area contributed by atoms with Crippen LogP contribution in [0.5, 0.6) is 0 Å². The van der Waals surface area contributed by atoms with E-state index in [4.69, 9.17) is 4.74 Å². The van der Waals surface area contributed by atoms with Gasteiger partial charge in [0.2, 0.25) is 0 Å². The molecule has 1 aromatic rings. The Hall–Kier alpha value is -0.860. The predicted molar refractivity (Wildman–Crippen MR) is 82.3 cm³/mol. The van der Waals surface area contributed by atoms with Crippen LogP contribution in [0.1, 0.15) is 53.2 Å². The SMILES string of the molecule is CC(C)C(C)OC(CNC(C)(C)C)c1ccccc1. The lowest BCUT2D eigenvalue weighted by molar-refractivity contribution is -0.0282. The standard InChI is InChI=1S/C17H29NO/c1-13(2)14(3)19-16(12-18-17(4,5)6)15-10-8-7-9-11-15/h7-11,13-14,16,18H,12H2,1-6H3. The molecule has 0 aromatic heterocycles. The lowest BCUT2D eigenvalue weighted by atomic mass is 10.0. The zero-order valence-electron chi connectivity index (χ0n) is 13.2. The van der Waals surface area contributed by atoms with E-state index >= 15 is 0 Å². The molecule has 2 atom stereocenters. The molecular weight excluding hydrogens is 234 g/mol. The molecule has 19 heavy (non-hydrogen) atoms. The van der Waals surface area contributed by atoms with Gasteiger partial charge in [0, 0.05) is 12.1 Å². The number of hydrogen-bond acceptors (Lipinski definition) is 2. The summed E-state index contributed by atoms with van der Waals surface area (Å²) < 4.78 is 6.23. The molecule has 1 rings (SSSR count). The van der Waals surface area contributed by atoms with E-state index in [2.05, 4.69) is 71.1 Å². The van der Waals surface area contributed by atoms with Gasteiger partial charge in [-0.3, -0.25) is 0 Å². The van der Waals surface area contributed by atoms with Crippen molar-refractivity contribution < 1.29 is 4.74 Å². The second-order valence-corrected chi connectivity index (χ2v) is 6.62. The number of nitrogens with one attached hydrogen (secondary N) is 1. The van der Waals surface area contributed by atoms with Gasteiger partial charge in [-0.15, -0.1) is 0 Å². The van der Waals surface area contributed by atoms with Crippen molar-refractivity contribution in [2.45, 2.75) is 59.3 Å². The molecule has 0 aliphatic carbocycles. The monoisotopic (exact) mass is 263 g/mol. The predicted octanol–water partition coefficient (Wildman–Crippen LogP) is 4.18. The van der Waals surface area contributed by atoms with Crippen molar-refractivity contribution >= 4 is 0 Å². The summed E-state index contributed by atoms with van der Waals surface area (Å²) in [4.78, 5) is 0. The Morgan fingerprint density at radius 3 is 2.11 bits per heavy atom. The number of benzene rings is 1. The molecule has 1 N–H and O–H groups in total. The molecule has 0 saturated carbocycles. The third-order valence-corrected chi connectivity index (χ3v) is 3.31. The van der Waals surface area contributed by atoms with Gasteiger partial charge >= 0.3 is 0 Å². The Morgan fingerprint density at radius 1 is 1.05 bits per heavy atom. The molecule has 0 bridgehead atoms. The summed E-state index contributed by atoms with van der Waals surface area (Å²) in [5.41, 5.74) is 1.35. The van der Waals surface area contributed by atoms with Crippen LogP contribution in [-0.2, 0) is 4.74 Å². The molecule has 0 aliphatic rings. The van der Waals surface area contributed by atoms with E-state index in [0.29, 0.717) is 5.92 Å². The van der Waals surface area contributed by atoms with Crippen molar-refractivity contribution in [2.75, 3.05) is 6.54 Å². The highest BCUT2D eigenvalue weighted by atomic mass is 16.5. The molecule has 108 valence electrons. The summed E-state index contributed by atoms with van der Waals surface area (Å²) in [7, 11) is 0. The van der Waals surface area contributed by atoms with Crippen LogP contribution < -0.4 is 5.32 Å². The van der Waals surface area contributed by atoms with Crippen molar-refractivity contribution in [3.05, 3.63) is 35.9 Å². The van der Waals surface area contributed by atoms with Crippen molar-refractivity contribution in [3.8, 4) is 0 Å². The molecule has 0 aliphatic heterocycles. The fourth-order valence-corrected chi connectivity index (χ4v) is 1.73. The molecule has 2 heteroatoms. The lowest BCUT2D eigenvalue weighted by Gasteiger charge is -2.29. The van der Waals surface area contributed by atoms with Gasteiger partial charge in [-0.2, -0.15) is 0 Å². The zero-order chi connectivity index (χ0) is 14.5. The van der Waals surface area contributed by atoms with E-state index < -0.39 is 0 Å². The highest BCUT2D eigenvalue weighted by Gasteiger charge is 2.19. The van der Waals surface area contributed by atoms with Crippen molar-refractivity contribution in [2.24, 2.45) is 5.92 Å². The van der Waals surface area contributed by atoms with Crippen LogP contribution in [-0.4, -0.2) is 18.2 Å². The van der Waals surface area contributed by atoms with Crippen LogP contribution in [0.4, 0.5) is 0 Å². The molecule has 2 unspecified atom stereocenters. The van der Waals surface area contributed by atoms with Gasteiger partial charge in [0.1, 0.15) is 0 Å². The van der Waals surface area contributed by atoms with Crippen LogP contribution in [0.15, 0.2) is 30.3 Å². The van der Waals surface area contributed by atoms with Crippen LogP contribution in [0.2, 0.25) is 0 Å². The maximum Gasteiger partial charge on any atom is 0.0953 e. The van der Waals surface area contributed by atoms with Gasteiger partial charge in [-0.25, -0.2) is 0 Å². The van der Waals surface area contributed by atoms with Gasteiger partial charge in [0.05, 0.1) is 12.2 Å². The van der Waals surface area contributed by atoms with Crippen LogP contribution in [0, 0.1) is 5.92 Å². The first-order chi connectivity index (χ1) is 8.79. The van der Waals surface area contributed by atoms with Crippen LogP contribution in [0.25, 0.3) is 0 Å². The van der Waals surface area contributed by atoms with E-state index in [1.54, 1.807) is 0 Å². The average Bonchev–Trinajstić information content (AvgIpc) is 2.34. The Morgan fingerprint density at radius 2 is 1.63 bits per heavy atom. The highest BCUT2D eigenvalue weighted by molar-refractivity contribution is 5.18. The van der Waals surface area contributed by atoms with Crippen molar-refractivity contribution in [1.29, 1.82) is 0 Å². The normalized spacial score (nSPS) is 15.5. The molecule has 0 heterocycles. The molecule has 0 amide bonds. The quantitative estimate of drug-likeness (QED) is 0.831. The summed E-state index contributed by atoms with van der Waals surface area (Å²) >= 11 is 0. The Balaban J connectivity index is 2.74. The molecule has 2 nitrogen and oxygen atoms in total. The second kappa shape index (κ2) is 7.06. The van der Waals surface area contributed by atoms with Gasteiger partial charge < -0.3 is 10.1 Å². The summed E-state index contributed by atoms with van der Waals surface area (Å²) in [6.07, 6.45) is 0.366. The minimum absolute atomic E-state index is 0.109. The van der Waals surface area contributed by atoms with Crippen LogP contribution in [0.3, 0.4) is 0 Å². The summed E-state index contributed by atoms with van der Waals surface area (Å²) in [5, 5.41) is 3.54. The fraction of sp³-hybridized carbons (Fsp3) is 0.647. The minimum atomic E-state index is 0.109. The summed E-state index contributed by atoms with van der Waals surface area (Å²) in [6, 6.07) is 10.5. The first-order valence-electron chi connectivity index (χ1n) is 7.25. The van der Waals surface area contributed by atoms with Crippen molar-refractivity contribution in [1.82, 2.24) is 5.32 Å². The first kappa shape index (κ1) is 16.2. The smallest absolute Gasteiger partial charge is 0.0953 e. The van der Waals surface area contributed by atoms with Gasteiger partial charge in [-0.05, 0) is 39.2 Å².